The molecular weight excluding hydrogens is 348 g/mol. The molecule has 0 unspecified atom stereocenters. The highest BCUT2D eigenvalue weighted by Crippen LogP contribution is 2.13. The van der Waals surface area contributed by atoms with Gasteiger partial charge >= 0.3 is 12.2 Å². The van der Waals surface area contributed by atoms with Crippen LogP contribution in [0.4, 0.5) is 9.59 Å². The van der Waals surface area contributed by atoms with Crippen molar-refractivity contribution in [3.05, 3.63) is 0 Å². The van der Waals surface area contributed by atoms with Crippen LogP contribution in [-0.2, 0) is 9.47 Å². The van der Waals surface area contributed by atoms with Crippen molar-refractivity contribution in [2.75, 3.05) is 32.8 Å². The lowest BCUT2D eigenvalue weighted by Crippen LogP contribution is -2.39. The van der Waals surface area contributed by atoms with Gasteiger partial charge < -0.3 is 24.4 Å². The summed E-state index contributed by atoms with van der Waals surface area (Å²) in [5, 5.41) is 8.96. The van der Waals surface area contributed by atoms with Crippen LogP contribution in [0.2, 0.25) is 0 Å². The van der Waals surface area contributed by atoms with E-state index in [2.05, 4.69) is 0 Å². The van der Waals surface area contributed by atoms with Crippen molar-refractivity contribution in [1.82, 2.24) is 9.80 Å². The summed E-state index contributed by atoms with van der Waals surface area (Å²) in [5.74, 6) is 0. The number of hydrogen-bond donors (Lipinski definition) is 1. The van der Waals surface area contributed by atoms with Gasteiger partial charge in [0.05, 0.1) is 0 Å². The lowest BCUT2D eigenvalue weighted by atomic mass is 10.2. The summed E-state index contributed by atoms with van der Waals surface area (Å²) in [5.41, 5.74) is -1.05. The van der Waals surface area contributed by atoms with Crippen LogP contribution in [0.15, 0.2) is 0 Å². The topological polar surface area (TPSA) is 79.3 Å². The molecule has 2 amide bonds. The molecule has 0 atom stereocenters. The van der Waals surface area contributed by atoms with Gasteiger partial charge in [-0.25, -0.2) is 9.59 Å². The number of rotatable bonds is 10. The molecule has 0 aliphatic heterocycles. The summed E-state index contributed by atoms with van der Waals surface area (Å²) < 4.78 is 10.9. The third kappa shape index (κ3) is 13.3. The Kier molecular flexibility index (Phi) is 11.4. The van der Waals surface area contributed by atoms with Gasteiger partial charge in [-0.3, -0.25) is 0 Å². The number of unbranched alkanes of at least 4 members (excludes halogenated alkanes) is 2. The second-order valence-electron chi connectivity index (χ2n) is 8.67. The van der Waals surface area contributed by atoms with Crippen LogP contribution in [0, 0.1) is 0 Å². The molecule has 7 heteroatoms. The summed E-state index contributed by atoms with van der Waals surface area (Å²) in [7, 11) is 0. The predicted octanol–water partition coefficient (Wildman–Crippen LogP) is 4.03. The van der Waals surface area contributed by atoms with E-state index in [9.17, 15) is 9.59 Å². The smallest absolute Gasteiger partial charge is 0.410 e. The van der Waals surface area contributed by atoms with Crippen LogP contribution in [0.5, 0.6) is 0 Å². The van der Waals surface area contributed by atoms with Crippen molar-refractivity contribution < 1.29 is 24.2 Å². The number of carbonyl (C=O) groups excluding carboxylic acids is 2. The van der Waals surface area contributed by atoms with Gasteiger partial charge in [0, 0.05) is 32.8 Å². The second kappa shape index (κ2) is 12.1. The van der Waals surface area contributed by atoms with E-state index in [1.165, 1.54) is 0 Å². The third-order valence-corrected chi connectivity index (χ3v) is 3.63. The van der Waals surface area contributed by atoms with E-state index in [1.54, 1.807) is 9.80 Å². The highest BCUT2D eigenvalue weighted by atomic mass is 16.6. The fourth-order valence-electron chi connectivity index (χ4n) is 2.35. The van der Waals surface area contributed by atoms with Gasteiger partial charge in [-0.15, -0.1) is 0 Å². The Morgan fingerprint density at radius 1 is 0.741 bits per heavy atom. The average molecular weight is 389 g/mol. The van der Waals surface area contributed by atoms with Crippen molar-refractivity contribution in [2.24, 2.45) is 0 Å². The van der Waals surface area contributed by atoms with Crippen molar-refractivity contribution in [3.8, 4) is 0 Å². The molecule has 7 nitrogen and oxygen atoms in total. The number of ether oxygens (including phenoxy) is 2. The minimum Gasteiger partial charge on any atom is -0.444 e. The maximum atomic E-state index is 12.4. The first kappa shape index (κ1) is 25.5. The number of nitrogens with zero attached hydrogens (tertiary/aromatic N) is 2. The van der Waals surface area contributed by atoms with Crippen LogP contribution in [-0.4, -0.2) is 71.1 Å². The Hall–Kier alpha value is -1.50. The van der Waals surface area contributed by atoms with E-state index in [1.807, 2.05) is 48.5 Å². The molecule has 0 aromatic heterocycles. The largest absolute Gasteiger partial charge is 0.444 e. The quantitative estimate of drug-likeness (QED) is 0.572. The molecule has 0 heterocycles. The molecule has 0 radical (unpaired) electrons. The Morgan fingerprint density at radius 3 is 1.48 bits per heavy atom. The summed E-state index contributed by atoms with van der Waals surface area (Å²) in [6, 6.07) is 0. The second-order valence-corrected chi connectivity index (χ2v) is 8.67. The highest BCUT2D eigenvalue weighted by Gasteiger charge is 2.23. The Labute approximate surface area is 165 Å². The van der Waals surface area contributed by atoms with Crippen molar-refractivity contribution in [2.45, 2.75) is 85.4 Å². The minimum atomic E-state index is -0.540. The van der Waals surface area contributed by atoms with E-state index < -0.39 is 11.2 Å². The number of amides is 2. The van der Waals surface area contributed by atoms with Gasteiger partial charge in [0.2, 0.25) is 0 Å². The van der Waals surface area contributed by atoms with Crippen molar-refractivity contribution in [1.29, 1.82) is 0 Å². The molecule has 0 spiro atoms. The average Bonchev–Trinajstić information content (AvgIpc) is 2.49. The maximum Gasteiger partial charge on any atom is 0.410 e. The lowest BCUT2D eigenvalue weighted by Gasteiger charge is -2.28. The van der Waals surface area contributed by atoms with E-state index in [0.29, 0.717) is 32.6 Å². The molecule has 160 valence electrons. The molecule has 27 heavy (non-hydrogen) atoms. The molecule has 0 aliphatic rings. The standard InChI is InChI=1S/C20H40N2O5/c1-8-21(17(24)26-19(2,3)4)13-9-10-14-22(15-11-12-16-23)18(25)27-20(5,6)7/h23H,8-16H2,1-7H3. The van der Waals surface area contributed by atoms with Crippen LogP contribution >= 0.6 is 0 Å². The Morgan fingerprint density at radius 2 is 1.11 bits per heavy atom. The van der Waals surface area contributed by atoms with E-state index in [4.69, 9.17) is 14.6 Å². The molecule has 0 bridgehead atoms. The molecule has 0 saturated carbocycles. The first-order valence-electron chi connectivity index (χ1n) is 9.96. The first-order valence-corrected chi connectivity index (χ1v) is 9.96. The van der Waals surface area contributed by atoms with E-state index >= 15 is 0 Å². The molecule has 0 aliphatic carbocycles. The van der Waals surface area contributed by atoms with Crippen LogP contribution in [0.3, 0.4) is 0 Å². The zero-order valence-corrected chi connectivity index (χ0v) is 18.3. The van der Waals surface area contributed by atoms with Gasteiger partial charge in [0.25, 0.3) is 0 Å². The molecule has 1 N–H and O–H groups in total. The zero-order valence-electron chi connectivity index (χ0n) is 18.3. The van der Waals surface area contributed by atoms with Gasteiger partial charge in [-0.2, -0.15) is 0 Å². The van der Waals surface area contributed by atoms with Crippen molar-refractivity contribution in [3.63, 3.8) is 0 Å². The number of hydrogen-bond acceptors (Lipinski definition) is 5. The molecule has 0 saturated heterocycles. The SMILES string of the molecule is CCN(CCCCN(CCCCO)C(=O)OC(C)(C)C)C(=O)OC(C)(C)C. The monoisotopic (exact) mass is 388 g/mol. The minimum absolute atomic E-state index is 0.115. The molecule has 0 rings (SSSR count). The molecule has 0 fully saturated rings. The lowest BCUT2D eigenvalue weighted by molar-refractivity contribution is 0.0212. The third-order valence-electron chi connectivity index (χ3n) is 3.63. The molecular formula is C20H40N2O5. The molecule has 0 aromatic carbocycles. The van der Waals surface area contributed by atoms with Crippen LogP contribution < -0.4 is 0 Å². The van der Waals surface area contributed by atoms with Crippen molar-refractivity contribution >= 4 is 12.2 Å². The van der Waals surface area contributed by atoms with Gasteiger partial charge in [0.15, 0.2) is 0 Å². The first-order chi connectivity index (χ1) is 12.4. The summed E-state index contributed by atoms with van der Waals surface area (Å²) in [6.07, 6.45) is 2.28. The van der Waals surface area contributed by atoms with Crippen LogP contribution in [0.25, 0.3) is 0 Å². The van der Waals surface area contributed by atoms with E-state index in [0.717, 1.165) is 19.3 Å². The van der Waals surface area contributed by atoms with E-state index in [-0.39, 0.29) is 18.8 Å². The number of aliphatic hydroxyl groups excluding tert-OH is 1. The Balaban J connectivity index is 4.51. The predicted molar refractivity (Wildman–Crippen MR) is 107 cm³/mol. The summed E-state index contributed by atoms with van der Waals surface area (Å²) in [4.78, 5) is 27.9. The summed E-state index contributed by atoms with van der Waals surface area (Å²) >= 11 is 0. The van der Waals surface area contributed by atoms with Crippen LogP contribution in [0.1, 0.15) is 74.1 Å². The maximum absolute atomic E-state index is 12.4. The number of carbonyl (C=O) groups is 2. The van der Waals surface area contributed by atoms with Gasteiger partial charge in [-0.05, 0) is 74.1 Å². The Bertz CT molecular complexity index is 441. The zero-order chi connectivity index (χ0) is 21.1. The molecule has 0 aromatic rings. The van der Waals surface area contributed by atoms with Gasteiger partial charge in [0.1, 0.15) is 11.2 Å². The summed E-state index contributed by atoms with van der Waals surface area (Å²) in [6.45, 7) is 15.4. The fourth-order valence-corrected chi connectivity index (χ4v) is 2.35. The normalized spacial score (nSPS) is 11.9. The van der Waals surface area contributed by atoms with Gasteiger partial charge in [-0.1, -0.05) is 0 Å². The number of aliphatic hydroxyl groups is 1. The highest BCUT2D eigenvalue weighted by molar-refractivity contribution is 5.68. The fraction of sp³-hybridized carbons (Fsp3) is 0.900.